The smallest absolute Gasteiger partial charge is 0.258 e. The third-order valence-corrected chi connectivity index (χ3v) is 6.19. The normalized spacial score (nSPS) is 10.9. The van der Waals surface area contributed by atoms with E-state index < -0.39 is 31.5 Å². The van der Waals surface area contributed by atoms with Gasteiger partial charge in [-0.25, -0.2) is 0 Å². The summed E-state index contributed by atoms with van der Waals surface area (Å²) < 4.78 is 0. The minimum absolute atomic E-state index is 0.126. The van der Waals surface area contributed by atoms with Crippen LogP contribution in [0.4, 0.5) is 22.7 Å². The molecule has 4 aromatic rings. The fourth-order valence-corrected chi connectivity index (χ4v) is 4.37. The molecule has 0 aliphatic carbocycles. The van der Waals surface area contributed by atoms with Gasteiger partial charge in [0, 0.05) is 60.4 Å². The van der Waals surface area contributed by atoms with Gasteiger partial charge in [0.15, 0.2) is 0 Å². The maximum atomic E-state index is 11.2. The van der Waals surface area contributed by atoms with Gasteiger partial charge in [0.1, 0.15) is 0 Å². The fourth-order valence-electron chi connectivity index (χ4n) is 4.37. The molecular weight excluding hydrogens is 496 g/mol. The Morgan fingerprint density at radius 3 is 0.632 bits per heavy atom. The zero-order valence-electron chi connectivity index (χ0n) is 19.4. The van der Waals surface area contributed by atoms with E-state index in [1.54, 1.807) is 48.5 Å². The van der Waals surface area contributed by atoms with E-state index in [1.165, 1.54) is 48.5 Å². The molecule has 0 unspecified atom stereocenters. The Morgan fingerprint density at radius 2 is 0.500 bits per heavy atom. The van der Waals surface area contributed by atoms with Crippen molar-refractivity contribution in [3.8, 4) is 0 Å². The lowest BCUT2D eigenvalue weighted by Gasteiger charge is -2.29. The number of nitro groups is 4. The molecule has 0 saturated carbocycles. The lowest BCUT2D eigenvalue weighted by atomic mass is 9.73. The van der Waals surface area contributed by atoms with Gasteiger partial charge in [-0.1, -0.05) is 48.5 Å². The molecule has 4 rings (SSSR count). The zero-order chi connectivity index (χ0) is 27.4. The average Bonchev–Trinajstić information content (AvgIpc) is 2.92. The topological polar surface area (TPSA) is 173 Å². The van der Waals surface area contributed by atoms with Gasteiger partial charge in [0.25, 0.3) is 22.7 Å². The number of rotatable bonds is 9. The molecule has 0 fully saturated rings. The number of nitrogens with zero attached hydrogens (tertiary/aromatic N) is 4. The van der Waals surface area contributed by atoms with E-state index in [0.29, 0.717) is 22.3 Å². The molecule has 190 valence electrons. The van der Waals surface area contributed by atoms with Gasteiger partial charge in [-0.05, 0) is 22.3 Å². The number of hydrogen-bond acceptors (Lipinski definition) is 8. The minimum atomic E-state index is -0.570. The van der Waals surface area contributed by atoms with E-state index in [1.807, 2.05) is 0 Å². The second-order valence-electron chi connectivity index (χ2n) is 8.35. The van der Waals surface area contributed by atoms with Gasteiger partial charge >= 0.3 is 0 Å². The molecule has 0 atom stereocenters. The summed E-state index contributed by atoms with van der Waals surface area (Å²) in [6, 6.07) is 23.4. The summed E-state index contributed by atoms with van der Waals surface area (Å²) in [6.07, 6.45) is 0. The first-order valence-corrected chi connectivity index (χ1v) is 11.1. The van der Waals surface area contributed by atoms with Crippen molar-refractivity contribution in [1.29, 1.82) is 0 Å². The first-order valence-electron chi connectivity index (χ1n) is 11.1. The van der Waals surface area contributed by atoms with Crippen LogP contribution in [0.15, 0.2) is 97.1 Å². The van der Waals surface area contributed by atoms with Crippen molar-refractivity contribution in [3.05, 3.63) is 160 Å². The molecular formula is C26H18N4O8. The predicted molar refractivity (Wildman–Crippen MR) is 136 cm³/mol. The first-order chi connectivity index (χ1) is 18.2. The van der Waals surface area contributed by atoms with Crippen LogP contribution in [-0.2, 0) is 0 Å². The Kier molecular flexibility index (Phi) is 7.15. The standard InChI is InChI=1S/C26H18N4O8/c31-27(32)21-9-1-17(2-10-21)25(18-3-11-22(12-4-18)28(33)34)26(19-5-13-23(14-6-19)29(35)36)20-7-15-24(16-8-20)30(37)38/h1-16,25-26H. The number of benzene rings is 4. The summed E-state index contributed by atoms with van der Waals surface area (Å²) >= 11 is 0. The van der Waals surface area contributed by atoms with E-state index in [9.17, 15) is 40.5 Å². The molecule has 0 aromatic heterocycles. The molecule has 0 heterocycles. The van der Waals surface area contributed by atoms with Crippen LogP contribution in [-0.4, -0.2) is 19.7 Å². The molecule has 12 heteroatoms. The van der Waals surface area contributed by atoms with Crippen molar-refractivity contribution in [2.24, 2.45) is 0 Å². The van der Waals surface area contributed by atoms with E-state index in [0.717, 1.165) is 0 Å². The van der Waals surface area contributed by atoms with Gasteiger partial charge in [0.05, 0.1) is 19.7 Å². The predicted octanol–water partition coefficient (Wildman–Crippen LogP) is 6.28. The minimum Gasteiger partial charge on any atom is -0.258 e. The number of non-ortho nitro benzene ring substituents is 4. The molecule has 0 bridgehead atoms. The van der Waals surface area contributed by atoms with Crippen molar-refractivity contribution in [1.82, 2.24) is 0 Å². The van der Waals surface area contributed by atoms with E-state index in [-0.39, 0.29) is 22.7 Å². The molecule has 0 amide bonds. The van der Waals surface area contributed by atoms with Gasteiger partial charge in [-0.3, -0.25) is 40.5 Å². The molecule has 0 spiro atoms. The molecule has 12 nitrogen and oxygen atoms in total. The third-order valence-electron chi connectivity index (χ3n) is 6.19. The number of nitro benzene ring substituents is 4. The maximum Gasteiger partial charge on any atom is 0.269 e. The lowest BCUT2D eigenvalue weighted by molar-refractivity contribution is -0.385. The highest BCUT2D eigenvalue weighted by Crippen LogP contribution is 2.44. The van der Waals surface area contributed by atoms with Crippen LogP contribution in [0.3, 0.4) is 0 Å². The fraction of sp³-hybridized carbons (Fsp3) is 0.0769. The largest absolute Gasteiger partial charge is 0.269 e. The van der Waals surface area contributed by atoms with Crippen molar-refractivity contribution in [2.75, 3.05) is 0 Å². The summed E-state index contributed by atoms with van der Waals surface area (Å²) in [7, 11) is 0. The first kappa shape index (κ1) is 25.6. The van der Waals surface area contributed by atoms with E-state index in [2.05, 4.69) is 0 Å². The SMILES string of the molecule is O=[N+]([O-])c1ccc(C(c2ccc([N+](=O)[O-])cc2)C(c2ccc([N+](=O)[O-])cc2)c2ccc([N+](=O)[O-])cc2)cc1. The summed E-state index contributed by atoms with van der Waals surface area (Å²) in [6.45, 7) is 0. The van der Waals surface area contributed by atoms with Crippen LogP contribution in [0.1, 0.15) is 34.1 Å². The summed E-state index contributed by atoms with van der Waals surface area (Å²) in [5.74, 6) is -1.14. The Morgan fingerprint density at radius 1 is 0.342 bits per heavy atom. The van der Waals surface area contributed by atoms with Crippen LogP contribution < -0.4 is 0 Å². The monoisotopic (exact) mass is 514 g/mol. The Balaban J connectivity index is 1.94. The summed E-state index contributed by atoms with van der Waals surface area (Å²) in [5, 5.41) is 44.9. The van der Waals surface area contributed by atoms with Gasteiger partial charge in [0.2, 0.25) is 0 Å². The molecule has 0 radical (unpaired) electrons. The average molecular weight is 514 g/mol. The Bertz CT molecular complexity index is 1270. The van der Waals surface area contributed by atoms with Crippen molar-refractivity contribution >= 4 is 22.7 Å². The quantitative estimate of drug-likeness (QED) is 0.185. The Labute approximate surface area is 214 Å². The summed E-state index contributed by atoms with van der Waals surface area (Å²) in [4.78, 5) is 42.8. The van der Waals surface area contributed by atoms with Crippen LogP contribution in [0.5, 0.6) is 0 Å². The third kappa shape index (κ3) is 5.33. The second kappa shape index (κ2) is 10.6. The van der Waals surface area contributed by atoms with Crippen molar-refractivity contribution < 1.29 is 19.7 Å². The molecule has 0 saturated heterocycles. The second-order valence-corrected chi connectivity index (χ2v) is 8.35. The molecule has 0 aliphatic heterocycles. The summed E-state index contributed by atoms with van der Waals surface area (Å²) in [5.41, 5.74) is 2.02. The molecule has 4 aromatic carbocycles. The highest BCUT2D eigenvalue weighted by Gasteiger charge is 2.30. The van der Waals surface area contributed by atoms with E-state index >= 15 is 0 Å². The zero-order valence-corrected chi connectivity index (χ0v) is 19.4. The molecule has 0 N–H and O–H groups in total. The van der Waals surface area contributed by atoms with Crippen LogP contribution in [0, 0.1) is 40.5 Å². The number of hydrogen-bond donors (Lipinski definition) is 0. The Hall–Kier alpha value is -5.52. The maximum absolute atomic E-state index is 11.2. The van der Waals surface area contributed by atoms with Crippen LogP contribution >= 0.6 is 0 Å². The van der Waals surface area contributed by atoms with Crippen LogP contribution in [0.2, 0.25) is 0 Å². The van der Waals surface area contributed by atoms with E-state index in [4.69, 9.17) is 0 Å². The van der Waals surface area contributed by atoms with Gasteiger partial charge < -0.3 is 0 Å². The van der Waals surface area contributed by atoms with Gasteiger partial charge in [-0.2, -0.15) is 0 Å². The highest BCUT2D eigenvalue weighted by atomic mass is 16.6. The van der Waals surface area contributed by atoms with Crippen molar-refractivity contribution in [2.45, 2.75) is 11.8 Å². The molecule has 38 heavy (non-hydrogen) atoms. The lowest BCUT2D eigenvalue weighted by Crippen LogP contribution is -2.15. The molecule has 0 aliphatic rings. The van der Waals surface area contributed by atoms with Crippen LogP contribution in [0.25, 0.3) is 0 Å². The van der Waals surface area contributed by atoms with Crippen molar-refractivity contribution in [3.63, 3.8) is 0 Å². The highest BCUT2D eigenvalue weighted by molar-refractivity contribution is 5.50. The van der Waals surface area contributed by atoms with Gasteiger partial charge in [-0.15, -0.1) is 0 Å².